The van der Waals surface area contributed by atoms with Gasteiger partial charge in [0.1, 0.15) is 0 Å². The quantitative estimate of drug-likeness (QED) is 0.666. The molecule has 1 N–H and O–H groups in total. The number of aliphatic hydroxyl groups excluding tert-OH is 1. The molecule has 0 aromatic carbocycles. The molecule has 1 aliphatic rings. The summed E-state index contributed by atoms with van der Waals surface area (Å²) >= 11 is 0. The smallest absolute Gasteiger partial charge is 0.0869 e. The largest absolute Gasteiger partial charge is 0.391 e. The first-order valence-electron chi connectivity index (χ1n) is 5.08. The number of nitrogens with zero attached hydrogens (tertiary/aromatic N) is 2. The number of rotatable bonds is 3. The number of nitriles is 1. The predicted octanol–water partition coefficient (Wildman–Crippen LogP) is 1.14. The lowest BCUT2D eigenvalue weighted by molar-refractivity contribution is 0.0284. The molecule has 0 bridgehead atoms. The van der Waals surface area contributed by atoms with Crippen LogP contribution in [0, 0.1) is 11.3 Å². The lowest BCUT2D eigenvalue weighted by Crippen LogP contribution is -2.45. The van der Waals surface area contributed by atoms with E-state index in [0.29, 0.717) is 6.54 Å². The fourth-order valence-corrected chi connectivity index (χ4v) is 2.07. The maximum Gasteiger partial charge on any atom is 0.0869 e. The zero-order valence-electron chi connectivity index (χ0n) is 8.24. The van der Waals surface area contributed by atoms with Gasteiger partial charge in [-0.3, -0.25) is 4.90 Å². The van der Waals surface area contributed by atoms with Gasteiger partial charge in [0, 0.05) is 6.04 Å². The molecule has 13 heavy (non-hydrogen) atoms. The van der Waals surface area contributed by atoms with Gasteiger partial charge in [-0.05, 0) is 19.4 Å². The van der Waals surface area contributed by atoms with Crippen molar-refractivity contribution >= 4 is 0 Å². The Kier molecular flexibility index (Phi) is 4.20. The molecule has 0 amide bonds. The van der Waals surface area contributed by atoms with E-state index in [9.17, 15) is 5.11 Å². The first-order chi connectivity index (χ1) is 6.29. The fraction of sp³-hybridized carbons (Fsp3) is 0.900. The highest BCUT2D eigenvalue weighted by molar-refractivity contribution is 4.87. The van der Waals surface area contributed by atoms with Crippen molar-refractivity contribution in [1.82, 2.24) is 4.90 Å². The molecule has 0 aliphatic heterocycles. The Balaban J connectivity index is 2.50. The third-order valence-corrected chi connectivity index (χ3v) is 2.84. The summed E-state index contributed by atoms with van der Waals surface area (Å²) in [6, 6.07) is 2.37. The van der Waals surface area contributed by atoms with Crippen molar-refractivity contribution < 1.29 is 5.11 Å². The molecular weight excluding hydrogens is 164 g/mol. The monoisotopic (exact) mass is 182 g/mol. The SMILES string of the molecule is CCN(CC#N)C1CCCCC1O. The maximum atomic E-state index is 9.75. The molecule has 1 saturated carbocycles. The van der Waals surface area contributed by atoms with Crippen LogP contribution in [0.25, 0.3) is 0 Å². The van der Waals surface area contributed by atoms with Gasteiger partial charge in [-0.25, -0.2) is 0 Å². The van der Waals surface area contributed by atoms with Gasteiger partial charge >= 0.3 is 0 Å². The van der Waals surface area contributed by atoms with E-state index in [1.54, 1.807) is 0 Å². The summed E-state index contributed by atoms with van der Waals surface area (Å²) in [5.74, 6) is 0. The van der Waals surface area contributed by atoms with Crippen LogP contribution in [0.5, 0.6) is 0 Å². The van der Waals surface area contributed by atoms with Gasteiger partial charge < -0.3 is 5.11 Å². The van der Waals surface area contributed by atoms with Crippen LogP contribution in [0.15, 0.2) is 0 Å². The molecule has 1 fully saturated rings. The molecule has 74 valence electrons. The Hall–Kier alpha value is -0.590. The van der Waals surface area contributed by atoms with E-state index in [2.05, 4.69) is 11.0 Å². The molecule has 3 heteroatoms. The molecule has 0 saturated heterocycles. The second-order valence-corrected chi connectivity index (χ2v) is 3.64. The lowest BCUT2D eigenvalue weighted by atomic mass is 9.91. The first-order valence-corrected chi connectivity index (χ1v) is 5.08. The second-order valence-electron chi connectivity index (χ2n) is 3.64. The fourth-order valence-electron chi connectivity index (χ4n) is 2.07. The number of hydrogen-bond acceptors (Lipinski definition) is 3. The zero-order valence-corrected chi connectivity index (χ0v) is 8.24. The normalized spacial score (nSPS) is 28.8. The Bertz CT molecular complexity index is 188. The standard InChI is InChI=1S/C10H18N2O/c1-2-12(8-7-11)9-5-3-4-6-10(9)13/h9-10,13H,2-6,8H2,1H3. The molecule has 0 heterocycles. The van der Waals surface area contributed by atoms with E-state index in [1.165, 1.54) is 6.42 Å². The van der Waals surface area contributed by atoms with Gasteiger partial charge in [-0.1, -0.05) is 19.8 Å². The van der Waals surface area contributed by atoms with Gasteiger partial charge in [0.05, 0.1) is 18.7 Å². The summed E-state index contributed by atoms with van der Waals surface area (Å²) in [4.78, 5) is 2.07. The van der Waals surface area contributed by atoms with E-state index in [4.69, 9.17) is 5.26 Å². The number of likely N-dealkylation sites (N-methyl/N-ethyl adjacent to an activating group) is 1. The van der Waals surface area contributed by atoms with Crippen molar-refractivity contribution in [1.29, 1.82) is 5.26 Å². The van der Waals surface area contributed by atoms with E-state index in [-0.39, 0.29) is 12.1 Å². The van der Waals surface area contributed by atoms with Crippen molar-refractivity contribution in [2.75, 3.05) is 13.1 Å². The van der Waals surface area contributed by atoms with Crippen LogP contribution in [0.1, 0.15) is 32.6 Å². The number of aliphatic hydroxyl groups is 1. The molecule has 3 nitrogen and oxygen atoms in total. The van der Waals surface area contributed by atoms with Gasteiger partial charge in [0.2, 0.25) is 0 Å². The molecule has 1 rings (SSSR count). The average Bonchev–Trinajstić information content (AvgIpc) is 2.16. The molecular formula is C10H18N2O. The lowest BCUT2D eigenvalue weighted by Gasteiger charge is -2.35. The third-order valence-electron chi connectivity index (χ3n) is 2.84. The Morgan fingerprint density at radius 2 is 2.15 bits per heavy atom. The minimum Gasteiger partial charge on any atom is -0.391 e. The summed E-state index contributed by atoms with van der Waals surface area (Å²) in [7, 11) is 0. The van der Waals surface area contributed by atoms with E-state index < -0.39 is 0 Å². The molecule has 2 atom stereocenters. The predicted molar refractivity (Wildman–Crippen MR) is 51.1 cm³/mol. The van der Waals surface area contributed by atoms with E-state index >= 15 is 0 Å². The van der Waals surface area contributed by atoms with Crippen LogP contribution in [0.2, 0.25) is 0 Å². The summed E-state index contributed by atoms with van der Waals surface area (Å²) in [6.07, 6.45) is 4.02. The molecule has 1 aliphatic carbocycles. The van der Waals surface area contributed by atoms with Crippen molar-refractivity contribution in [3.63, 3.8) is 0 Å². The van der Waals surface area contributed by atoms with Gasteiger partial charge in [-0.15, -0.1) is 0 Å². The molecule has 0 aromatic heterocycles. The highest BCUT2D eigenvalue weighted by Crippen LogP contribution is 2.22. The summed E-state index contributed by atoms with van der Waals surface area (Å²) in [5.41, 5.74) is 0. The minimum atomic E-state index is -0.220. The highest BCUT2D eigenvalue weighted by atomic mass is 16.3. The van der Waals surface area contributed by atoms with Crippen molar-refractivity contribution in [2.45, 2.75) is 44.8 Å². The maximum absolute atomic E-state index is 9.75. The molecule has 0 spiro atoms. The minimum absolute atomic E-state index is 0.220. The summed E-state index contributed by atoms with van der Waals surface area (Å²) in [6.45, 7) is 3.34. The number of hydrogen-bond donors (Lipinski definition) is 1. The van der Waals surface area contributed by atoms with Crippen molar-refractivity contribution in [2.24, 2.45) is 0 Å². The van der Waals surface area contributed by atoms with Gasteiger partial charge in [0.15, 0.2) is 0 Å². The van der Waals surface area contributed by atoms with E-state index in [1.807, 2.05) is 6.92 Å². The Labute approximate surface area is 80.0 Å². The van der Waals surface area contributed by atoms with Crippen LogP contribution in [0.4, 0.5) is 0 Å². The van der Waals surface area contributed by atoms with Crippen molar-refractivity contribution in [3.05, 3.63) is 0 Å². The van der Waals surface area contributed by atoms with Crippen molar-refractivity contribution in [3.8, 4) is 6.07 Å². The van der Waals surface area contributed by atoms with Crippen LogP contribution in [-0.4, -0.2) is 35.2 Å². The Morgan fingerprint density at radius 3 is 2.69 bits per heavy atom. The first kappa shape index (κ1) is 10.5. The van der Waals surface area contributed by atoms with Crippen LogP contribution in [-0.2, 0) is 0 Å². The highest BCUT2D eigenvalue weighted by Gasteiger charge is 2.27. The van der Waals surface area contributed by atoms with Crippen LogP contribution in [0.3, 0.4) is 0 Å². The summed E-state index contributed by atoms with van der Waals surface area (Å²) < 4.78 is 0. The molecule has 2 unspecified atom stereocenters. The van der Waals surface area contributed by atoms with Crippen LogP contribution < -0.4 is 0 Å². The topological polar surface area (TPSA) is 47.3 Å². The van der Waals surface area contributed by atoms with Crippen LogP contribution >= 0.6 is 0 Å². The van der Waals surface area contributed by atoms with Gasteiger partial charge in [0.25, 0.3) is 0 Å². The Morgan fingerprint density at radius 1 is 1.46 bits per heavy atom. The molecule has 0 aromatic rings. The zero-order chi connectivity index (χ0) is 9.68. The van der Waals surface area contributed by atoms with E-state index in [0.717, 1.165) is 25.8 Å². The second kappa shape index (κ2) is 5.21. The van der Waals surface area contributed by atoms with Gasteiger partial charge in [-0.2, -0.15) is 5.26 Å². The third kappa shape index (κ3) is 2.68. The molecule has 0 radical (unpaired) electrons. The average molecular weight is 182 g/mol. The summed E-state index contributed by atoms with van der Waals surface area (Å²) in [5, 5.41) is 18.4.